The molecule has 0 radical (unpaired) electrons. The van der Waals surface area contributed by atoms with Gasteiger partial charge in [0.25, 0.3) is 5.91 Å². The average Bonchev–Trinajstić information content (AvgIpc) is 3.38. The van der Waals surface area contributed by atoms with Gasteiger partial charge < -0.3 is 14.5 Å². The predicted octanol–water partition coefficient (Wildman–Crippen LogP) is 4.95. The summed E-state index contributed by atoms with van der Waals surface area (Å²) in [6, 6.07) is 5.31. The van der Waals surface area contributed by atoms with Gasteiger partial charge in [0, 0.05) is 60.2 Å². The van der Waals surface area contributed by atoms with E-state index in [4.69, 9.17) is 4.74 Å². The number of rotatable bonds is 8. The summed E-state index contributed by atoms with van der Waals surface area (Å²) >= 11 is 3.15. The first-order valence-corrected chi connectivity index (χ1v) is 13.7. The minimum atomic E-state index is -0.598. The molecule has 178 valence electrons. The number of carbonyl (C=O) groups excluding carboxylic acids is 1. The lowest BCUT2D eigenvalue weighted by Gasteiger charge is -2.36. The average molecular weight is 491 g/mol. The SMILES string of the molecule is CC(C)c1nsc(N2CCC(N3CCC(Oc4ccc(SCC5CC5)cc4F)C3=O)CC2)n1. The second-order valence-electron chi connectivity index (χ2n) is 9.58. The zero-order valence-electron chi connectivity index (χ0n) is 19.2. The van der Waals surface area contributed by atoms with E-state index in [-0.39, 0.29) is 23.5 Å². The third kappa shape index (κ3) is 5.29. The normalized spacial score (nSPS) is 21.9. The second-order valence-corrected chi connectivity index (χ2v) is 11.4. The number of halogens is 1. The van der Waals surface area contributed by atoms with Crippen molar-refractivity contribution < 1.29 is 13.9 Å². The predicted molar refractivity (Wildman–Crippen MR) is 130 cm³/mol. The van der Waals surface area contributed by atoms with Crippen molar-refractivity contribution in [2.75, 3.05) is 30.3 Å². The van der Waals surface area contributed by atoms with Gasteiger partial charge in [-0.15, -0.1) is 11.8 Å². The Hall–Kier alpha value is -1.87. The highest BCUT2D eigenvalue weighted by molar-refractivity contribution is 7.99. The third-order valence-electron chi connectivity index (χ3n) is 6.67. The number of carbonyl (C=O) groups is 1. The molecule has 3 fully saturated rings. The molecule has 1 atom stereocenters. The maximum Gasteiger partial charge on any atom is 0.263 e. The summed E-state index contributed by atoms with van der Waals surface area (Å²) in [5, 5.41) is 0.973. The summed E-state index contributed by atoms with van der Waals surface area (Å²) in [5.74, 6) is 2.85. The van der Waals surface area contributed by atoms with E-state index >= 15 is 0 Å². The van der Waals surface area contributed by atoms with Crippen LogP contribution in [0, 0.1) is 11.7 Å². The summed E-state index contributed by atoms with van der Waals surface area (Å²) in [6.45, 7) is 6.60. The number of hydrogen-bond donors (Lipinski definition) is 0. The Labute approximate surface area is 203 Å². The van der Waals surface area contributed by atoms with Crippen molar-refractivity contribution in [3.8, 4) is 5.75 Å². The monoisotopic (exact) mass is 490 g/mol. The lowest BCUT2D eigenvalue weighted by atomic mass is 10.0. The molecule has 1 saturated carbocycles. The fourth-order valence-electron chi connectivity index (χ4n) is 4.42. The van der Waals surface area contributed by atoms with Crippen LogP contribution in [-0.4, -0.2) is 57.7 Å². The molecule has 0 N–H and O–H groups in total. The molecule has 1 amide bonds. The molecule has 1 aliphatic carbocycles. The molecule has 1 aromatic carbocycles. The maximum absolute atomic E-state index is 14.6. The van der Waals surface area contributed by atoms with E-state index in [0.29, 0.717) is 18.9 Å². The van der Waals surface area contributed by atoms with Crippen LogP contribution in [-0.2, 0) is 4.79 Å². The van der Waals surface area contributed by atoms with Crippen LogP contribution in [0.3, 0.4) is 0 Å². The van der Waals surface area contributed by atoms with E-state index in [2.05, 4.69) is 28.1 Å². The van der Waals surface area contributed by atoms with Gasteiger partial charge in [0.2, 0.25) is 5.13 Å². The molecule has 33 heavy (non-hydrogen) atoms. The fraction of sp³-hybridized carbons (Fsp3) is 0.625. The van der Waals surface area contributed by atoms with Crippen molar-refractivity contribution in [3.05, 3.63) is 29.8 Å². The van der Waals surface area contributed by atoms with Crippen LogP contribution in [0.15, 0.2) is 23.1 Å². The summed E-state index contributed by atoms with van der Waals surface area (Å²) < 4.78 is 24.9. The van der Waals surface area contributed by atoms with Gasteiger partial charge in [-0.25, -0.2) is 9.37 Å². The smallest absolute Gasteiger partial charge is 0.263 e. The fourth-order valence-corrected chi connectivity index (χ4v) is 6.40. The first-order chi connectivity index (χ1) is 16.0. The van der Waals surface area contributed by atoms with Crippen LogP contribution in [0.1, 0.15) is 57.7 Å². The zero-order valence-corrected chi connectivity index (χ0v) is 20.8. The molecule has 0 spiro atoms. The summed E-state index contributed by atoms with van der Waals surface area (Å²) in [4.78, 5) is 22.8. The minimum absolute atomic E-state index is 0.0157. The Morgan fingerprint density at radius 1 is 1.18 bits per heavy atom. The summed E-state index contributed by atoms with van der Waals surface area (Å²) in [6.07, 6.45) is 4.38. The Bertz CT molecular complexity index is 989. The Morgan fingerprint density at radius 2 is 1.97 bits per heavy atom. The topological polar surface area (TPSA) is 58.6 Å². The Morgan fingerprint density at radius 3 is 2.64 bits per heavy atom. The number of benzene rings is 1. The zero-order chi connectivity index (χ0) is 22.9. The van der Waals surface area contributed by atoms with Crippen molar-refractivity contribution in [2.24, 2.45) is 5.92 Å². The van der Waals surface area contributed by atoms with Gasteiger partial charge in [-0.05, 0) is 49.8 Å². The number of likely N-dealkylation sites (tertiary alicyclic amines) is 1. The van der Waals surface area contributed by atoms with Crippen molar-refractivity contribution in [3.63, 3.8) is 0 Å². The number of anilines is 1. The van der Waals surface area contributed by atoms with Gasteiger partial charge in [-0.2, -0.15) is 4.37 Å². The van der Waals surface area contributed by atoms with Crippen LogP contribution in [0.4, 0.5) is 9.52 Å². The highest BCUT2D eigenvalue weighted by atomic mass is 32.2. The number of thioether (sulfide) groups is 1. The molecule has 1 aromatic heterocycles. The van der Waals surface area contributed by atoms with Crippen molar-refractivity contribution >= 4 is 34.3 Å². The number of piperidine rings is 1. The molecule has 5 rings (SSSR count). The summed E-state index contributed by atoms with van der Waals surface area (Å²) in [7, 11) is 0. The molecule has 6 nitrogen and oxygen atoms in total. The van der Waals surface area contributed by atoms with Crippen molar-refractivity contribution in [2.45, 2.75) is 68.9 Å². The van der Waals surface area contributed by atoms with Gasteiger partial charge in [0.1, 0.15) is 5.82 Å². The van der Waals surface area contributed by atoms with Gasteiger partial charge in [0.15, 0.2) is 17.7 Å². The highest BCUT2D eigenvalue weighted by Gasteiger charge is 2.39. The van der Waals surface area contributed by atoms with E-state index in [9.17, 15) is 9.18 Å². The lowest BCUT2D eigenvalue weighted by Crippen LogP contribution is -2.47. The first-order valence-electron chi connectivity index (χ1n) is 12.0. The number of amides is 1. The van der Waals surface area contributed by atoms with E-state index in [1.54, 1.807) is 17.8 Å². The first kappa shape index (κ1) is 22.9. The third-order valence-corrected chi connectivity index (χ3v) is 8.69. The van der Waals surface area contributed by atoms with Crippen LogP contribution < -0.4 is 9.64 Å². The van der Waals surface area contributed by atoms with Gasteiger partial charge in [-0.1, -0.05) is 13.8 Å². The molecule has 2 saturated heterocycles. The largest absolute Gasteiger partial charge is 0.477 e. The van der Waals surface area contributed by atoms with E-state index < -0.39 is 6.10 Å². The van der Waals surface area contributed by atoms with Gasteiger partial charge >= 0.3 is 0 Å². The number of ether oxygens (including phenoxy) is 1. The number of aromatic nitrogens is 2. The van der Waals surface area contributed by atoms with Crippen LogP contribution in [0.5, 0.6) is 5.75 Å². The number of nitrogens with zero attached hydrogens (tertiary/aromatic N) is 4. The molecule has 2 aliphatic heterocycles. The van der Waals surface area contributed by atoms with Crippen molar-refractivity contribution in [1.82, 2.24) is 14.3 Å². The van der Waals surface area contributed by atoms with E-state index in [1.165, 1.54) is 30.4 Å². The Kier molecular flexibility index (Phi) is 6.79. The van der Waals surface area contributed by atoms with Gasteiger partial charge in [0.05, 0.1) is 0 Å². The highest BCUT2D eigenvalue weighted by Crippen LogP contribution is 2.36. The quantitative estimate of drug-likeness (QED) is 0.488. The molecular weight excluding hydrogens is 459 g/mol. The minimum Gasteiger partial charge on any atom is -0.477 e. The second kappa shape index (κ2) is 9.78. The summed E-state index contributed by atoms with van der Waals surface area (Å²) in [5.41, 5.74) is 0. The molecule has 1 unspecified atom stereocenters. The van der Waals surface area contributed by atoms with Crippen LogP contribution >= 0.6 is 23.3 Å². The van der Waals surface area contributed by atoms with Gasteiger partial charge in [-0.3, -0.25) is 4.79 Å². The molecule has 2 aromatic rings. The standard InChI is InChI=1S/C24H31FN4O2S2/c1-15(2)22-26-24(33-27-22)28-10-7-17(8-11-28)29-12-9-21(23(29)30)31-20-6-5-18(13-19(20)25)32-14-16-3-4-16/h5-6,13,15-17,21H,3-4,7-12,14H2,1-2H3. The van der Waals surface area contributed by atoms with E-state index in [1.807, 2.05) is 11.0 Å². The molecule has 0 bridgehead atoms. The van der Waals surface area contributed by atoms with Crippen LogP contribution in [0.2, 0.25) is 0 Å². The van der Waals surface area contributed by atoms with Crippen molar-refractivity contribution in [1.29, 1.82) is 0 Å². The number of hydrogen-bond acceptors (Lipinski definition) is 7. The molecule has 9 heteroatoms. The molecular formula is C24H31FN4O2S2. The lowest BCUT2D eigenvalue weighted by molar-refractivity contribution is -0.135. The van der Waals surface area contributed by atoms with Crippen LogP contribution in [0.25, 0.3) is 0 Å². The van der Waals surface area contributed by atoms with E-state index in [0.717, 1.165) is 53.5 Å². The maximum atomic E-state index is 14.6. The molecule has 3 aliphatic rings. The molecule has 3 heterocycles. The Balaban J connectivity index is 1.13.